The summed E-state index contributed by atoms with van der Waals surface area (Å²) in [5, 5.41) is 14.2. The Morgan fingerprint density at radius 2 is 2.08 bits per heavy atom. The van der Waals surface area contributed by atoms with Gasteiger partial charge in [-0.25, -0.2) is 0 Å². The number of anilines is 1. The van der Waals surface area contributed by atoms with Crippen LogP contribution in [-0.2, 0) is 23.4 Å². The van der Waals surface area contributed by atoms with E-state index in [4.69, 9.17) is 0 Å². The smallest absolute Gasteiger partial charge is 0.325 e. The minimum Gasteiger partial charge on any atom is -0.325 e. The monoisotopic (exact) mass is 365 g/mol. The number of amides is 1. The molecule has 1 amide bonds. The molecular formula is C17H18F3N5O. The molecule has 138 valence electrons. The van der Waals surface area contributed by atoms with Gasteiger partial charge in [-0.1, -0.05) is 5.21 Å². The highest BCUT2D eigenvalue weighted by Crippen LogP contribution is 2.50. The molecule has 2 aliphatic rings. The highest BCUT2D eigenvalue weighted by Gasteiger charge is 2.52. The number of halogens is 3. The van der Waals surface area contributed by atoms with Crippen LogP contribution in [0.15, 0.2) is 24.4 Å². The van der Waals surface area contributed by atoms with Crippen LogP contribution in [0.5, 0.6) is 0 Å². The zero-order valence-corrected chi connectivity index (χ0v) is 14.3. The zero-order valence-electron chi connectivity index (χ0n) is 14.3. The summed E-state index contributed by atoms with van der Waals surface area (Å²) in [5.41, 5.74) is -0.209. The lowest BCUT2D eigenvalue weighted by atomic mass is 9.69. The summed E-state index contributed by atoms with van der Waals surface area (Å²) in [6, 6.07) is 3.12. The van der Waals surface area contributed by atoms with E-state index in [0.717, 1.165) is 12.1 Å². The number of nitrogens with one attached hydrogen (secondary N) is 2. The third kappa shape index (κ3) is 2.57. The van der Waals surface area contributed by atoms with Crippen molar-refractivity contribution in [3.05, 3.63) is 41.2 Å². The van der Waals surface area contributed by atoms with Crippen LogP contribution in [0.1, 0.15) is 42.6 Å². The Morgan fingerprint density at radius 1 is 1.31 bits per heavy atom. The lowest BCUT2D eigenvalue weighted by molar-refractivity contribution is -0.137. The van der Waals surface area contributed by atoms with Gasteiger partial charge in [-0.3, -0.25) is 9.48 Å². The van der Waals surface area contributed by atoms with Crippen molar-refractivity contribution in [1.82, 2.24) is 20.3 Å². The number of carbonyl (C=O) groups is 1. The van der Waals surface area contributed by atoms with Crippen molar-refractivity contribution < 1.29 is 18.0 Å². The van der Waals surface area contributed by atoms with Gasteiger partial charge >= 0.3 is 6.18 Å². The summed E-state index contributed by atoms with van der Waals surface area (Å²) < 4.78 is 41.1. The molecule has 9 heteroatoms. The number of rotatable bonds is 1. The normalized spacial score (nSPS) is 28.3. The first kappa shape index (κ1) is 17.0. The number of aryl methyl sites for hydroxylation is 1. The van der Waals surface area contributed by atoms with Crippen molar-refractivity contribution in [2.45, 2.75) is 43.4 Å². The first-order chi connectivity index (χ1) is 12.2. The summed E-state index contributed by atoms with van der Waals surface area (Å²) in [4.78, 5) is 12.8. The Bertz CT molecular complexity index is 878. The summed E-state index contributed by atoms with van der Waals surface area (Å²) in [6.07, 6.45) is -1.95. The molecule has 0 bridgehead atoms. The Hall–Kier alpha value is -2.42. The van der Waals surface area contributed by atoms with Crippen molar-refractivity contribution in [1.29, 1.82) is 0 Å². The maximum atomic E-state index is 13.2. The van der Waals surface area contributed by atoms with E-state index in [-0.39, 0.29) is 18.0 Å². The second kappa shape index (κ2) is 5.54. The molecule has 1 spiro atoms. The third-order valence-electron chi connectivity index (χ3n) is 5.22. The molecule has 1 aromatic heterocycles. The van der Waals surface area contributed by atoms with Gasteiger partial charge in [0, 0.05) is 25.0 Å². The van der Waals surface area contributed by atoms with Gasteiger partial charge in [0.05, 0.1) is 22.7 Å². The molecule has 0 unspecified atom stereocenters. The van der Waals surface area contributed by atoms with E-state index in [1.54, 1.807) is 17.9 Å². The van der Waals surface area contributed by atoms with E-state index in [0.29, 0.717) is 29.8 Å². The Labute approximate surface area is 147 Å². The van der Waals surface area contributed by atoms with Crippen molar-refractivity contribution in [3.63, 3.8) is 0 Å². The molecule has 3 heterocycles. The number of hydrogen-bond acceptors (Lipinski definition) is 4. The number of carbonyl (C=O) groups excluding carboxylic acids is 1. The van der Waals surface area contributed by atoms with Crippen LogP contribution in [0.2, 0.25) is 0 Å². The molecule has 2 N–H and O–H groups in total. The Kier molecular flexibility index (Phi) is 3.62. The van der Waals surface area contributed by atoms with Gasteiger partial charge in [0.25, 0.3) is 0 Å². The molecule has 26 heavy (non-hydrogen) atoms. The number of benzene rings is 1. The number of aromatic nitrogens is 3. The van der Waals surface area contributed by atoms with Crippen molar-refractivity contribution in [3.8, 4) is 0 Å². The van der Waals surface area contributed by atoms with Crippen LogP contribution in [0.3, 0.4) is 0 Å². The lowest BCUT2D eigenvalue weighted by Gasteiger charge is -2.40. The fourth-order valence-electron chi connectivity index (χ4n) is 4.13. The number of hydrogen-bond donors (Lipinski definition) is 2. The fourth-order valence-corrected chi connectivity index (χ4v) is 4.13. The molecular weight excluding hydrogens is 347 g/mol. The number of alkyl halides is 3. The minimum atomic E-state index is -4.45. The average Bonchev–Trinajstić information content (AvgIpc) is 3.09. The van der Waals surface area contributed by atoms with Crippen LogP contribution in [0.4, 0.5) is 18.9 Å². The summed E-state index contributed by atoms with van der Waals surface area (Å²) in [7, 11) is 1.74. The van der Waals surface area contributed by atoms with Gasteiger partial charge in [-0.15, -0.1) is 5.10 Å². The molecule has 4 rings (SSSR count). The predicted molar refractivity (Wildman–Crippen MR) is 87.3 cm³/mol. The van der Waals surface area contributed by atoms with E-state index in [1.807, 2.05) is 6.92 Å². The van der Waals surface area contributed by atoms with Crippen molar-refractivity contribution in [2.24, 2.45) is 7.05 Å². The molecule has 6 nitrogen and oxygen atoms in total. The van der Waals surface area contributed by atoms with Crippen LogP contribution in [-0.4, -0.2) is 26.9 Å². The number of nitrogens with zero attached hydrogens (tertiary/aromatic N) is 3. The molecule has 3 atom stereocenters. The highest BCUT2D eigenvalue weighted by atomic mass is 19.4. The fraction of sp³-hybridized carbons (Fsp3) is 0.471. The van der Waals surface area contributed by atoms with E-state index in [9.17, 15) is 18.0 Å². The molecule has 0 aliphatic carbocycles. The predicted octanol–water partition coefficient (Wildman–Crippen LogP) is 2.54. The van der Waals surface area contributed by atoms with Gasteiger partial charge in [0.15, 0.2) is 0 Å². The zero-order chi connectivity index (χ0) is 18.7. The van der Waals surface area contributed by atoms with Crippen LogP contribution >= 0.6 is 0 Å². The van der Waals surface area contributed by atoms with Crippen molar-refractivity contribution >= 4 is 11.6 Å². The average molecular weight is 365 g/mol. The van der Waals surface area contributed by atoms with Crippen LogP contribution in [0, 0.1) is 0 Å². The van der Waals surface area contributed by atoms with E-state index in [1.165, 1.54) is 6.07 Å². The SMILES string of the molecule is C[C@H]1C[C@@]2(C[C@@H](c3cn(C)nn3)N1)C(=O)Nc1ccc(C(F)(F)F)cc12. The van der Waals surface area contributed by atoms with Crippen LogP contribution in [0.25, 0.3) is 0 Å². The quantitative estimate of drug-likeness (QED) is 0.815. The van der Waals surface area contributed by atoms with Gasteiger partial charge in [0.2, 0.25) is 5.91 Å². The maximum absolute atomic E-state index is 13.2. The molecule has 2 aromatic rings. The van der Waals surface area contributed by atoms with Crippen molar-refractivity contribution in [2.75, 3.05) is 5.32 Å². The van der Waals surface area contributed by atoms with Gasteiger partial charge in [0.1, 0.15) is 0 Å². The Morgan fingerprint density at radius 3 is 2.73 bits per heavy atom. The summed E-state index contributed by atoms with van der Waals surface area (Å²) in [6.45, 7) is 1.92. The third-order valence-corrected chi connectivity index (χ3v) is 5.22. The number of piperidine rings is 1. The van der Waals surface area contributed by atoms with E-state index < -0.39 is 17.2 Å². The van der Waals surface area contributed by atoms with Gasteiger partial charge in [-0.05, 0) is 43.5 Å². The molecule has 1 fully saturated rings. The topological polar surface area (TPSA) is 71.8 Å². The second-order valence-corrected chi connectivity index (χ2v) is 7.14. The van der Waals surface area contributed by atoms with Gasteiger partial charge in [-0.2, -0.15) is 13.2 Å². The largest absolute Gasteiger partial charge is 0.416 e. The molecule has 1 saturated heterocycles. The molecule has 0 saturated carbocycles. The standard InChI is InChI=1S/C17H18F3N5O/c1-9-6-16(7-13(21-9)14-8-25(2)24-23-14)11-5-10(17(18,19)20)3-4-12(11)22-15(16)26/h3-5,8-9,13,21H,6-7H2,1-2H3,(H,22,26)/t9-,13-,16-/m0/s1. The summed E-state index contributed by atoms with van der Waals surface area (Å²) >= 11 is 0. The van der Waals surface area contributed by atoms with Gasteiger partial charge < -0.3 is 10.6 Å². The second-order valence-electron chi connectivity index (χ2n) is 7.14. The lowest BCUT2D eigenvalue weighted by Crippen LogP contribution is -2.50. The summed E-state index contributed by atoms with van der Waals surface area (Å²) in [5.74, 6) is -0.255. The highest BCUT2D eigenvalue weighted by molar-refractivity contribution is 6.06. The Balaban J connectivity index is 1.79. The molecule has 2 aliphatic heterocycles. The molecule has 1 aromatic carbocycles. The van der Waals surface area contributed by atoms with Crippen LogP contribution < -0.4 is 10.6 Å². The first-order valence-electron chi connectivity index (χ1n) is 8.34. The first-order valence-corrected chi connectivity index (χ1v) is 8.34. The number of fused-ring (bicyclic) bond motifs is 2. The van der Waals surface area contributed by atoms with E-state index in [2.05, 4.69) is 20.9 Å². The maximum Gasteiger partial charge on any atom is 0.416 e. The molecule has 0 radical (unpaired) electrons. The minimum absolute atomic E-state index is 0.0676. The van der Waals surface area contributed by atoms with E-state index >= 15 is 0 Å².